The summed E-state index contributed by atoms with van der Waals surface area (Å²) < 4.78 is 3.77. The van der Waals surface area contributed by atoms with Crippen molar-refractivity contribution in [2.45, 2.75) is 20.4 Å². The Morgan fingerprint density at radius 3 is 2.78 bits per heavy atom. The summed E-state index contributed by atoms with van der Waals surface area (Å²) >= 11 is 0. The van der Waals surface area contributed by atoms with Crippen LogP contribution in [-0.2, 0) is 6.54 Å². The van der Waals surface area contributed by atoms with Crippen LogP contribution in [0.4, 0.5) is 5.82 Å². The number of aryl methyl sites for hydroxylation is 1. The maximum absolute atomic E-state index is 5.67. The number of imidazole rings is 1. The van der Waals surface area contributed by atoms with Gasteiger partial charge in [-0.05, 0) is 25.5 Å². The third-order valence-corrected chi connectivity index (χ3v) is 2.98. The molecule has 0 aromatic carbocycles. The van der Waals surface area contributed by atoms with Crippen LogP contribution in [-0.4, -0.2) is 24.4 Å². The Morgan fingerprint density at radius 1 is 1.22 bits per heavy atom. The van der Waals surface area contributed by atoms with Crippen LogP contribution in [0, 0.1) is 13.8 Å². The molecule has 3 heterocycles. The molecule has 92 valence electrons. The van der Waals surface area contributed by atoms with Gasteiger partial charge in [0.1, 0.15) is 5.65 Å². The van der Waals surface area contributed by atoms with Gasteiger partial charge < -0.3 is 10.1 Å². The van der Waals surface area contributed by atoms with Gasteiger partial charge in [-0.1, -0.05) is 11.3 Å². The van der Waals surface area contributed by atoms with Crippen molar-refractivity contribution in [3.8, 4) is 0 Å². The molecule has 18 heavy (non-hydrogen) atoms. The second-order valence-corrected chi connectivity index (χ2v) is 4.42. The fraction of sp³-hybridized carbons (Fsp3) is 0.250. The van der Waals surface area contributed by atoms with Crippen molar-refractivity contribution in [1.29, 1.82) is 0 Å². The minimum Gasteiger partial charge on any atom is -0.381 e. The van der Waals surface area contributed by atoms with Gasteiger partial charge in [0.25, 0.3) is 0 Å². The average molecular weight is 242 g/mol. The second-order valence-electron chi connectivity index (χ2n) is 4.42. The maximum atomic E-state index is 5.67. The van der Waals surface area contributed by atoms with E-state index in [0.717, 1.165) is 17.0 Å². The van der Waals surface area contributed by atoms with E-state index in [4.69, 9.17) is 5.73 Å². The van der Waals surface area contributed by atoms with Crippen LogP contribution in [0.2, 0.25) is 0 Å². The highest BCUT2D eigenvalue weighted by atomic mass is 15.4. The largest absolute Gasteiger partial charge is 0.381 e. The van der Waals surface area contributed by atoms with Crippen molar-refractivity contribution in [1.82, 2.24) is 24.4 Å². The quantitative estimate of drug-likeness (QED) is 0.732. The van der Waals surface area contributed by atoms with Gasteiger partial charge in [-0.3, -0.25) is 0 Å². The molecule has 6 heteroatoms. The van der Waals surface area contributed by atoms with Crippen LogP contribution >= 0.6 is 0 Å². The number of anilines is 1. The average Bonchev–Trinajstić information content (AvgIpc) is 2.86. The van der Waals surface area contributed by atoms with Gasteiger partial charge in [0.15, 0.2) is 5.82 Å². The van der Waals surface area contributed by atoms with Crippen molar-refractivity contribution >= 4 is 11.5 Å². The molecule has 3 aromatic rings. The molecule has 0 saturated heterocycles. The third-order valence-electron chi connectivity index (χ3n) is 2.98. The number of nitrogens with zero attached hydrogens (tertiary/aromatic N) is 5. The predicted molar refractivity (Wildman–Crippen MR) is 68.2 cm³/mol. The highest BCUT2D eigenvalue weighted by molar-refractivity contribution is 5.41. The molecule has 0 amide bonds. The van der Waals surface area contributed by atoms with E-state index in [1.54, 1.807) is 4.68 Å². The van der Waals surface area contributed by atoms with E-state index < -0.39 is 0 Å². The summed E-state index contributed by atoms with van der Waals surface area (Å²) in [5, 5.41) is 7.83. The summed E-state index contributed by atoms with van der Waals surface area (Å²) in [6, 6.07) is 4.05. The molecule has 0 saturated carbocycles. The van der Waals surface area contributed by atoms with Crippen LogP contribution < -0.4 is 5.73 Å². The predicted octanol–water partition coefficient (Wildman–Crippen LogP) is 1.17. The zero-order chi connectivity index (χ0) is 12.7. The SMILES string of the molecule is Cc1ccc2nc(Cn3nnc(N)c3C)cn2c1. The molecule has 0 unspecified atom stereocenters. The topological polar surface area (TPSA) is 74.0 Å². The summed E-state index contributed by atoms with van der Waals surface area (Å²) in [7, 11) is 0. The van der Waals surface area contributed by atoms with Gasteiger partial charge in [-0.2, -0.15) is 0 Å². The summed E-state index contributed by atoms with van der Waals surface area (Å²) in [6.07, 6.45) is 4.05. The minimum atomic E-state index is 0.467. The van der Waals surface area contributed by atoms with E-state index in [2.05, 4.69) is 22.2 Å². The molecule has 0 bridgehead atoms. The lowest BCUT2D eigenvalue weighted by Gasteiger charge is -1.98. The van der Waals surface area contributed by atoms with Crippen molar-refractivity contribution < 1.29 is 0 Å². The molecule has 0 radical (unpaired) electrons. The molecule has 0 fully saturated rings. The summed E-state index contributed by atoms with van der Waals surface area (Å²) in [5.74, 6) is 0.467. The Kier molecular flexibility index (Phi) is 2.29. The van der Waals surface area contributed by atoms with E-state index in [1.807, 2.05) is 35.9 Å². The van der Waals surface area contributed by atoms with Gasteiger partial charge in [-0.25, -0.2) is 9.67 Å². The molecule has 0 aliphatic carbocycles. The first-order valence-electron chi connectivity index (χ1n) is 5.73. The van der Waals surface area contributed by atoms with Crippen LogP contribution in [0.15, 0.2) is 24.5 Å². The molecular weight excluding hydrogens is 228 g/mol. The standard InChI is InChI=1S/C12H14N6/c1-8-3-4-11-14-10(6-17(11)5-8)7-18-9(2)12(13)15-16-18/h3-6H,7,13H2,1-2H3. The maximum Gasteiger partial charge on any atom is 0.168 e. The summed E-state index contributed by atoms with van der Waals surface area (Å²) in [5.41, 5.74) is 9.61. The van der Waals surface area contributed by atoms with E-state index in [0.29, 0.717) is 12.4 Å². The zero-order valence-corrected chi connectivity index (χ0v) is 10.3. The van der Waals surface area contributed by atoms with Gasteiger partial charge in [0, 0.05) is 12.4 Å². The van der Waals surface area contributed by atoms with E-state index in [9.17, 15) is 0 Å². The molecule has 0 aliphatic rings. The highest BCUT2D eigenvalue weighted by Crippen LogP contribution is 2.11. The Labute approximate surface area is 104 Å². The molecule has 0 aliphatic heterocycles. The minimum absolute atomic E-state index is 0.467. The lowest BCUT2D eigenvalue weighted by atomic mass is 10.3. The summed E-state index contributed by atoms with van der Waals surface area (Å²) in [6.45, 7) is 4.54. The number of hydrogen-bond donors (Lipinski definition) is 1. The van der Waals surface area contributed by atoms with Crippen LogP contribution in [0.3, 0.4) is 0 Å². The van der Waals surface area contributed by atoms with Gasteiger partial charge >= 0.3 is 0 Å². The first-order chi connectivity index (χ1) is 8.63. The van der Waals surface area contributed by atoms with Gasteiger partial charge in [0.05, 0.1) is 17.9 Å². The zero-order valence-electron chi connectivity index (χ0n) is 10.3. The molecule has 3 aromatic heterocycles. The fourth-order valence-corrected chi connectivity index (χ4v) is 1.91. The normalized spacial score (nSPS) is 11.2. The Bertz CT molecular complexity index is 709. The smallest absolute Gasteiger partial charge is 0.168 e. The van der Waals surface area contributed by atoms with Crippen molar-refractivity contribution in [3.05, 3.63) is 41.5 Å². The molecule has 2 N–H and O–H groups in total. The van der Waals surface area contributed by atoms with Crippen LogP contribution in [0.25, 0.3) is 5.65 Å². The van der Waals surface area contributed by atoms with E-state index >= 15 is 0 Å². The number of nitrogen functional groups attached to an aromatic ring is 1. The van der Waals surface area contributed by atoms with Crippen LogP contribution in [0.1, 0.15) is 17.0 Å². The Morgan fingerprint density at radius 2 is 2.06 bits per heavy atom. The molecule has 0 atom stereocenters. The van der Waals surface area contributed by atoms with Crippen molar-refractivity contribution in [2.24, 2.45) is 0 Å². The molecular formula is C12H14N6. The first-order valence-corrected chi connectivity index (χ1v) is 5.73. The number of pyridine rings is 1. The monoisotopic (exact) mass is 242 g/mol. The number of nitrogens with two attached hydrogens (primary N) is 1. The highest BCUT2D eigenvalue weighted by Gasteiger charge is 2.08. The van der Waals surface area contributed by atoms with E-state index in [1.165, 1.54) is 5.56 Å². The third kappa shape index (κ3) is 1.71. The number of hydrogen-bond acceptors (Lipinski definition) is 4. The molecule has 6 nitrogen and oxygen atoms in total. The van der Waals surface area contributed by atoms with E-state index in [-0.39, 0.29) is 0 Å². The number of fused-ring (bicyclic) bond motifs is 1. The molecule has 3 rings (SSSR count). The molecule has 0 spiro atoms. The lowest BCUT2D eigenvalue weighted by molar-refractivity contribution is 0.625. The van der Waals surface area contributed by atoms with Crippen molar-refractivity contribution in [3.63, 3.8) is 0 Å². The van der Waals surface area contributed by atoms with Gasteiger partial charge in [0.2, 0.25) is 0 Å². The number of aromatic nitrogens is 5. The Balaban J connectivity index is 1.98. The van der Waals surface area contributed by atoms with Crippen LogP contribution in [0.5, 0.6) is 0 Å². The summed E-state index contributed by atoms with van der Waals surface area (Å²) in [4.78, 5) is 4.53. The first kappa shape index (κ1) is 10.8. The Hall–Kier alpha value is -2.37. The van der Waals surface area contributed by atoms with Crippen molar-refractivity contribution in [2.75, 3.05) is 5.73 Å². The number of rotatable bonds is 2. The fourth-order valence-electron chi connectivity index (χ4n) is 1.91. The lowest BCUT2D eigenvalue weighted by Crippen LogP contribution is -2.04. The van der Waals surface area contributed by atoms with Gasteiger partial charge in [-0.15, -0.1) is 5.10 Å². The second kappa shape index (κ2) is 3.83.